The van der Waals surface area contributed by atoms with Crippen LogP contribution in [0.25, 0.3) is 11.0 Å². The highest BCUT2D eigenvalue weighted by atomic mass is 35.5. The van der Waals surface area contributed by atoms with Crippen LogP contribution in [0, 0.1) is 6.92 Å². The molecule has 0 fully saturated rings. The molecule has 0 unspecified atom stereocenters. The first-order valence-electron chi connectivity index (χ1n) is 9.52. The fourth-order valence-corrected chi connectivity index (χ4v) is 3.42. The van der Waals surface area contributed by atoms with Crippen molar-refractivity contribution >= 4 is 34.3 Å². The second-order valence-corrected chi connectivity index (χ2v) is 7.48. The molecule has 5 nitrogen and oxygen atoms in total. The Kier molecular flexibility index (Phi) is 5.69. The molecular weight excluding hydrogens is 416 g/mol. The van der Waals surface area contributed by atoms with Gasteiger partial charge in [-0.25, -0.2) is 9.59 Å². The molecule has 0 aliphatic carbocycles. The summed E-state index contributed by atoms with van der Waals surface area (Å²) in [6.45, 7) is 1.76. The third-order valence-electron chi connectivity index (χ3n) is 4.84. The van der Waals surface area contributed by atoms with E-state index in [0.29, 0.717) is 27.1 Å². The van der Waals surface area contributed by atoms with Crippen LogP contribution in [0.2, 0.25) is 5.02 Å². The van der Waals surface area contributed by atoms with Gasteiger partial charge in [0.2, 0.25) is 0 Å². The number of carbonyl (C=O) groups excluding carboxylic acids is 2. The lowest BCUT2D eigenvalue weighted by molar-refractivity contribution is 0.0471. The van der Waals surface area contributed by atoms with E-state index in [1.165, 1.54) is 12.1 Å². The van der Waals surface area contributed by atoms with Crippen LogP contribution in [-0.4, -0.2) is 11.8 Å². The van der Waals surface area contributed by atoms with Gasteiger partial charge in [-0.05, 0) is 48.9 Å². The van der Waals surface area contributed by atoms with E-state index >= 15 is 0 Å². The molecule has 0 bridgehead atoms. The maximum absolute atomic E-state index is 12.9. The normalized spacial score (nSPS) is 10.8. The zero-order valence-corrected chi connectivity index (χ0v) is 17.3. The van der Waals surface area contributed by atoms with Crippen molar-refractivity contribution in [1.82, 2.24) is 0 Å². The molecule has 0 aliphatic rings. The van der Waals surface area contributed by atoms with Gasteiger partial charge < -0.3 is 9.15 Å². The molecule has 3 aromatic carbocycles. The summed E-state index contributed by atoms with van der Waals surface area (Å²) in [4.78, 5) is 37.6. The molecule has 0 aliphatic heterocycles. The molecule has 31 heavy (non-hydrogen) atoms. The van der Waals surface area contributed by atoms with Gasteiger partial charge in [0.05, 0.1) is 5.56 Å². The topological polar surface area (TPSA) is 73.6 Å². The van der Waals surface area contributed by atoms with Crippen molar-refractivity contribution < 1.29 is 18.7 Å². The Balaban J connectivity index is 1.61. The Morgan fingerprint density at radius 3 is 2.39 bits per heavy atom. The third kappa shape index (κ3) is 4.42. The second kappa shape index (κ2) is 8.58. The number of rotatable bonds is 5. The lowest BCUT2D eigenvalue weighted by atomic mass is 9.98. The number of carbonyl (C=O) groups is 2. The van der Waals surface area contributed by atoms with Gasteiger partial charge in [0.25, 0.3) is 0 Å². The summed E-state index contributed by atoms with van der Waals surface area (Å²) < 4.78 is 10.7. The number of ether oxygens (including phenoxy) is 1. The van der Waals surface area contributed by atoms with Crippen LogP contribution < -0.4 is 5.63 Å². The van der Waals surface area contributed by atoms with E-state index < -0.39 is 11.6 Å². The van der Waals surface area contributed by atoms with Crippen molar-refractivity contribution in [2.45, 2.75) is 13.5 Å². The quantitative estimate of drug-likeness (QED) is 0.241. The number of benzene rings is 3. The zero-order chi connectivity index (χ0) is 22.0. The molecule has 1 heterocycles. The number of ketones is 1. The van der Waals surface area contributed by atoms with Gasteiger partial charge in [-0.15, -0.1) is 0 Å². The van der Waals surface area contributed by atoms with Gasteiger partial charge in [0.1, 0.15) is 12.2 Å². The molecule has 0 N–H and O–H groups in total. The highest BCUT2D eigenvalue weighted by Gasteiger charge is 2.19. The summed E-state index contributed by atoms with van der Waals surface area (Å²) in [5, 5.41) is 1.20. The lowest BCUT2D eigenvalue weighted by Crippen LogP contribution is -2.13. The molecule has 0 saturated heterocycles. The molecule has 4 rings (SSSR count). The van der Waals surface area contributed by atoms with Crippen LogP contribution in [-0.2, 0) is 11.3 Å². The van der Waals surface area contributed by atoms with Gasteiger partial charge in [-0.1, -0.05) is 41.9 Å². The van der Waals surface area contributed by atoms with Gasteiger partial charge in [0.15, 0.2) is 5.78 Å². The Morgan fingerprint density at radius 1 is 0.935 bits per heavy atom. The summed E-state index contributed by atoms with van der Waals surface area (Å²) in [5.41, 5.74) is 2.15. The first-order valence-corrected chi connectivity index (χ1v) is 9.90. The summed E-state index contributed by atoms with van der Waals surface area (Å²) in [7, 11) is 0. The minimum Gasteiger partial charge on any atom is -0.457 e. The smallest absolute Gasteiger partial charge is 0.339 e. The van der Waals surface area contributed by atoms with Crippen molar-refractivity contribution in [3.8, 4) is 0 Å². The van der Waals surface area contributed by atoms with Gasteiger partial charge >= 0.3 is 11.6 Å². The van der Waals surface area contributed by atoms with Gasteiger partial charge in [-0.3, -0.25) is 4.79 Å². The van der Waals surface area contributed by atoms with Crippen LogP contribution in [0.4, 0.5) is 0 Å². The lowest BCUT2D eigenvalue weighted by Gasteiger charge is -2.10. The monoisotopic (exact) mass is 432 g/mol. The van der Waals surface area contributed by atoms with E-state index in [1.807, 2.05) is 19.1 Å². The standard InChI is InChI=1S/C25H17ClO5/c1-15-6-11-19-17(13-23(27)31-22(19)12-15)14-30-25(29)21-5-3-2-4-20(21)24(28)16-7-9-18(26)10-8-16/h2-13H,14H2,1H3. The Morgan fingerprint density at radius 2 is 1.65 bits per heavy atom. The van der Waals surface area contributed by atoms with Gasteiger partial charge in [-0.2, -0.15) is 0 Å². The van der Waals surface area contributed by atoms with E-state index in [-0.39, 0.29) is 23.5 Å². The number of fused-ring (bicyclic) bond motifs is 1. The number of hydrogen-bond acceptors (Lipinski definition) is 5. The van der Waals surface area contributed by atoms with Crippen LogP contribution in [0.3, 0.4) is 0 Å². The van der Waals surface area contributed by atoms with E-state index in [1.54, 1.807) is 48.5 Å². The Bertz CT molecular complexity index is 1350. The summed E-state index contributed by atoms with van der Waals surface area (Å²) in [5.74, 6) is -0.975. The first-order chi connectivity index (χ1) is 14.9. The van der Waals surface area contributed by atoms with Crippen molar-refractivity contribution in [2.75, 3.05) is 0 Å². The second-order valence-electron chi connectivity index (χ2n) is 7.05. The fraction of sp³-hybridized carbons (Fsp3) is 0.0800. The molecule has 1 aromatic heterocycles. The van der Waals surface area contributed by atoms with Crippen LogP contribution >= 0.6 is 11.6 Å². The Hall–Kier alpha value is -3.70. The molecule has 0 saturated carbocycles. The van der Waals surface area contributed by atoms with Crippen LogP contribution in [0.15, 0.2) is 82.0 Å². The molecule has 4 aromatic rings. The van der Waals surface area contributed by atoms with E-state index in [4.69, 9.17) is 20.8 Å². The van der Waals surface area contributed by atoms with E-state index in [0.717, 1.165) is 5.56 Å². The zero-order valence-electron chi connectivity index (χ0n) is 16.6. The highest BCUT2D eigenvalue weighted by Crippen LogP contribution is 2.21. The van der Waals surface area contributed by atoms with Crippen molar-refractivity contribution in [3.63, 3.8) is 0 Å². The minimum atomic E-state index is -0.661. The maximum Gasteiger partial charge on any atom is 0.339 e. The molecule has 0 amide bonds. The van der Waals surface area contributed by atoms with Crippen LogP contribution in [0.5, 0.6) is 0 Å². The fourth-order valence-electron chi connectivity index (χ4n) is 3.29. The van der Waals surface area contributed by atoms with Crippen molar-refractivity contribution in [3.05, 3.63) is 116 Å². The first kappa shape index (κ1) is 20.6. The summed E-state index contributed by atoms with van der Waals surface area (Å²) in [6.07, 6.45) is 0. The largest absolute Gasteiger partial charge is 0.457 e. The molecule has 0 radical (unpaired) electrons. The summed E-state index contributed by atoms with van der Waals surface area (Å²) >= 11 is 5.89. The minimum absolute atomic E-state index is 0.131. The molecule has 0 atom stereocenters. The third-order valence-corrected chi connectivity index (χ3v) is 5.09. The van der Waals surface area contributed by atoms with E-state index in [2.05, 4.69) is 0 Å². The average Bonchev–Trinajstić information content (AvgIpc) is 2.77. The molecule has 6 heteroatoms. The van der Waals surface area contributed by atoms with Crippen molar-refractivity contribution in [2.24, 2.45) is 0 Å². The molecule has 154 valence electrons. The predicted octanol–water partition coefficient (Wildman–Crippen LogP) is 5.34. The van der Waals surface area contributed by atoms with Crippen LogP contribution in [0.1, 0.15) is 37.4 Å². The Labute approximate surface area is 182 Å². The van der Waals surface area contributed by atoms with Gasteiger partial charge in [0, 0.05) is 33.2 Å². The SMILES string of the molecule is Cc1ccc2c(COC(=O)c3ccccc3C(=O)c3ccc(Cl)cc3)cc(=O)oc2c1. The van der Waals surface area contributed by atoms with E-state index in [9.17, 15) is 14.4 Å². The average molecular weight is 433 g/mol. The molecular formula is C25H17ClO5. The number of hydrogen-bond donors (Lipinski definition) is 0. The highest BCUT2D eigenvalue weighted by molar-refractivity contribution is 6.30. The maximum atomic E-state index is 12.9. The number of aryl methyl sites for hydroxylation is 1. The number of halogens is 1. The molecule has 0 spiro atoms. The number of esters is 1. The van der Waals surface area contributed by atoms with Crippen molar-refractivity contribution in [1.29, 1.82) is 0 Å². The predicted molar refractivity (Wildman–Crippen MR) is 118 cm³/mol. The summed E-state index contributed by atoms with van der Waals surface area (Å²) in [6, 6.07) is 19.6.